The van der Waals surface area contributed by atoms with Crippen LogP contribution in [-0.4, -0.2) is 40.4 Å². The molecule has 0 bridgehead atoms. The van der Waals surface area contributed by atoms with Crippen LogP contribution in [0.2, 0.25) is 0 Å². The van der Waals surface area contributed by atoms with Crippen LogP contribution in [-0.2, 0) is 17.6 Å². The van der Waals surface area contributed by atoms with Gasteiger partial charge in [0.05, 0.1) is 25.4 Å². The molecule has 0 spiro atoms. The highest BCUT2D eigenvalue weighted by molar-refractivity contribution is 7.14. The largest absolute Gasteiger partial charge is 0.496 e. The van der Waals surface area contributed by atoms with Crippen LogP contribution >= 0.6 is 11.3 Å². The molecule has 1 aromatic carbocycles. The molecule has 3 aromatic rings. The predicted octanol–water partition coefficient (Wildman–Crippen LogP) is 2.10. The lowest BCUT2D eigenvalue weighted by Gasteiger charge is -2.08. The highest BCUT2D eigenvalue weighted by Gasteiger charge is 2.12. The fourth-order valence-electron chi connectivity index (χ4n) is 2.50. The summed E-state index contributed by atoms with van der Waals surface area (Å²) < 4.78 is 5.30. The zero-order valence-corrected chi connectivity index (χ0v) is 16.0. The van der Waals surface area contributed by atoms with Gasteiger partial charge in [0.15, 0.2) is 5.13 Å². The van der Waals surface area contributed by atoms with E-state index in [4.69, 9.17) is 4.74 Å². The van der Waals surface area contributed by atoms with Gasteiger partial charge >= 0.3 is 0 Å². The number of anilines is 1. The first-order valence-electron chi connectivity index (χ1n) is 8.56. The summed E-state index contributed by atoms with van der Waals surface area (Å²) in [6, 6.07) is 7.70. The van der Waals surface area contributed by atoms with E-state index >= 15 is 0 Å². The molecule has 2 heterocycles. The molecule has 2 amide bonds. The molecule has 0 saturated carbocycles. The Hall–Kier alpha value is -3.33. The van der Waals surface area contributed by atoms with Gasteiger partial charge in [-0.3, -0.25) is 19.9 Å². The summed E-state index contributed by atoms with van der Waals surface area (Å²) in [4.78, 5) is 36.2. The first-order chi connectivity index (χ1) is 13.7. The van der Waals surface area contributed by atoms with Crippen molar-refractivity contribution in [1.29, 1.82) is 0 Å². The third-order valence-corrected chi connectivity index (χ3v) is 4.63. The standard InChI is InChI=1S/C19H19N5O3S/c1-27-16-5-3-2-4-13(16)6-7-22-17(25)10-14-12-28-19(23-14)24-18(26)15-11-20-8-9-21-15/h2-5,8-9,11-12H,6-7,10H2,1H3,(H,22,25)(H,23,24,26). The zero-order valence-electron chi connectivity index (χ0n) is 15.2. The Bertz CT molecular complexity index is 946. The second kappa shape index (κ2) is 9.56. The summed E-state index contributed by atoms with van der Waals surface area (Å²) >= 11 is 1.25. The van der Waals surface area contributed by atoms with Crippen molar-refractivity contribution in [3.05, 3.63) is 65.2 Å². The lowest BCUT2D eigenvalue weighted by Crippen LogP contribution is -2.27. The van der Waals surface area contributed by atoms with Crippen LogP contribution in [0.4, 0.5) is 5.13 Å². The fourth-order valence-corrected chi connectivity index (χ4v) is 3.20. The summed E-state index contributed by atoms with van der Waals surface area (Å²) in [5, 5.41) is 7.67. The van der Waals surface area contributed by atoms with E-state index in [2.05, 4.69) is 25.6 Å². The minimum atomic E-state index is -0.393. The maximum Gasteiger partial charge on any atom is 0.277 e. The fraction of sp³-hybridized carbons (Fsp3) is 0.211. The Balaban J connectivity index is 1.47. The number of carbonyl (C=O) groups is 2. The number of aromatic nitrogens is 3. The van der Waals surface area contributed by atoms with Gasteiger partial charge in [-0.15, -0.1) is 11.3 Å². The van der Waals surface area contributed by atoms with Gasteiger partial charge in [0.25, 0.3) is 5.91 Å². The smallest absolute Gasteiger partial charge is 0.277 e. The molecular weight excluding hydrogens is 378 g/mol. The van der Waals surface area contributed by atoms with Gasteiger partial charge in [-0.1, -0.05) is 18.2 Å². The lowest BCUT2D eigenvalue weighted by molar-refractivity contribution is -0.120. The third kappa shape index (κ3) is 5.34. The first-order valence-corrected chi connectivity index (χ1v) is 9.44. The molecule has 0 atom stereocenters. The van der Waals surface area contributed by atoms with Crippen molar-refractivity contribution >= 4 is 28.3 Å². The van der Waals surface area contributed by atoms with E-state index in [1.165, 1.54) is 29.9 Å². The quantitative estimate of drug-likeness (QED) is 0.603. The summed E-state index contributed by atoms with van der Waals surface area (Å²) in [6.07, 6.45) is 5.12. The maximum absolute atomic E-state index is 12.1. The van der Waals surface area contributed by atoms with Gasteiger partial charge in [-0.05, 0) is 18.1 Å². The Kier molecular flexibility index (Phi) is 6.64. The molecule has 0 fully saturated rings. The van der Waals surface area contributed by atoms with E-state index in [0.717, 1.165) is 11.3 Å². The summed E-state index contributed by atoms with van der Waals surface area (Å²) in [5.74, 6) is 0.280. The van der Waals surface area contributed by atoms with E-state index in [1.807, 2.05) is 24.3 Å². The van der Waals surface area contributed by atoms with Crippen LogP contribution < -0.4 is 15.4 Å². The van der Waals surface area contributed by atoms with Gasteiger partial charge in [0, 0.05) is 24.3 Å². The van der Waals surface area contributed by atoms with E-state index in [9.17, 15) is 9.59 Å². The molecule has 0 aliphatic heterocycles. The van der Waals surface area contributed by atoms with Crippen molar-refractivity contribution in [2.24, 2.45) is 0 Å². The molecule has 0 unspecified atom stereocenters. The van der Waals surface area contributed by atoms with Gasteiger partial charge in [-0.2, -0.15) is 0 Å². The Morgan fingerprint density at radius 2 is 2.07 bits per heavy atom. The van der Waals surface area contributed by atoms with Crippen molar-refractivity contribution < 1.29 is 14.3 Å². The SMILES string of the molecule is COc1ccccc1CCNC(=O)Cc1csc(NC(=O)c2cnccn2)n1. The van der Waals surface area contributed by atoms with Crippen LogP contribution in [0, 0.1) is 0 Å². The van der Waals surface area contributed by atoms with Crippen molar-refractivity contribution in [1.82, 2.24) is 20.3 Å². The van der Waals surface area contributed by atoms with Gasteiger partial charge in [0.1, 0.15) is 11.4 Å². The van der Waals surface area contributed by atoms with Crippen LogP contribution in [0.1, 0.15) is 21.7 Å². The number of para-hydroxylation sites is 1. The molecule has 0 radical (unpaired) electrons. The van der Waals surface area contributed by atoms with Crippen LogP contribution in [0.3, 0.4) is 0 Å². The molecule has 8 nitrogen and oxygen atoms in total. The number of nitrogens with one attached hydrogen (secondary N) is 2. The van der Waals surface area contributed by atoms with Gasteiger partial charge < -0.3 is 10.1 Å². The van der Waals surface area contributed by atoms with E-state index in [-0.39, 0.29) is 18.0 Å². The number of nitrogens with zero attached hydrogens (tertiary/aromatic N) is 3. The van der Waals surface area contributed by atoms with Gasteiger partial charge in [-0.25, -0.2) is 9.97 Å². The van der Waals surface area contributed by atoms with Crippen molar-refractivity contribution in [3.63, 3.8) is 0 Å². The Labute approximate surface area is 166 Å². The minimum Gasteiger partial charge on any atom is -0.496 e. The topological polar surface area (TPSA) is 106 Å². The Morgan fingerprint density at radius 3 is 2.86 bits per heavy atom. The highest BCUT2D eigenvalue weighted by atomic mass is 32.1. The molecule has 2 aromatic heterocycles. The molecule has 3 rings (SSSR count). The number of amides is 2. The molecule has 0 aliphatic carbocycles. The second-order valence-electron chi connectivity index (χ2n) is 5.78. The number of thiazole rings is 1. The molecule has 2 N–H and O–H groups in total. The van der Waals surface area contributed by atoms with Crippen molar-refractivity contribution in [3.8, 4) is 5.75 Å². The third-order valence-electron chi connectivity index (χ3n) is 3.82. The maximum atomic E-state index is 12.1. The molecule has 0 saturated heterocycles. The van der Waals surface area contributed by atoms with E-state index in [1.54, 1.807) is 12.5 Å². The number of methoxy groups -OCH3 is 1. The summed E-state index contributed by atoms with van der Waals surface area (Å²) in [6.45, 7) is 0.500. The lowest BCUT2D eigenvalue weighted by atomic mass is 10.1. The number of carbonyl (C=O) groups excluding carboxylic acids is 2. The van der Waals surface area contributed by atoms with Crippen LogP contribution in [0.5, 0.6) is 5.75 Å². The molecule has 0 aliphatic rings. The van der Waals surface area contributed by atoms with Crippen molar-refractivity contribution in [2.75, 3.05) is 19.0 Å². The highest BCUT2D eigenvalue weighted by Crippen LogP contribution is 2.18. The number of rotatable bonds is 8. The average molecular weight is 397 g/mol. The second-order valence-corrected chi connectivity index (χ2v) is 6.64. The van der Waals surface area contributed by atoms with E-state index in [0.29, 0.717) is 23.8 Å². The van der Waals surface area contributed by atoms with Crippen LogP contribution in [0.15, 0.2) is 48.2 Å². The van der Waals surface area contributed by atoms with Gasteiger partial charge in [0.2, 0.25) is 5.91 Å². The number of hydrogen-bond acceptors (Lipinski definition) is 7. The predicted molar refractivity (Wildman–Crippen MR) is 106 cm³/mol. The van der Waals surface area contributed by atoms with Crippen molar-refractivity contribution in [2.45, 2.75) is 12.8 Å². The number of hydrogen-bond donors (Lipinski definition) is 2. The molecule has 144 valence electrons. The first kappa shape index (κ1) is 19.4. The number of ether oxygens (including phenoxy) is 1. The summed E-state index contributed by atoms with van der Waals surface area (Å²) in [7, 11) is 1.63. The number of benzene rings is 1. The van der Waals surface area contributed by atoms with Crippen LogP contribution in [0.25, 0.3) is 0 Å². The minimum absolute atomic E-state index is 0.132. The normalized spacial score (nSPS) is 10.3. The monoisotopic (exact) mass is 397 g/mol. The molecule has 28 heavy (non-hydrogen) atoms. The molecule has 9 heteroatoms. The summed E-state index contributed by atoms with van der Waals surface area (Å²) in [5.41, 5.74) is 1.83. The zero-order chi connectivity index (χ0) is 19.8. The molecular formula is C19H19N5O3S. The Morgan fingerprint density at radius 1 is 1.21 bits per heavy atom. The van der Waals surface area contributed by atoms with E-state index < -0.39 is 5.91 Å². The average Bonchev–Trinajstić information content (AvgIpc) is 3.15.